The second-order valence-corrected chi connectivity index (χ2v) is 8.32. The highest BCUT2D eigenvalue weighted by Gasteiger charge is 2.14. The van der Waals surface area contributed by atoms with E-state index in [2.05, 4.69) is 11.4 Å². The van der Waals surface area contributed by atoms with Gasteiger partial charge in [0.2, 0.25) is 0 Å². The molecule has 1 heterocycles. The lowest BCUT2D eigenvalue weighted by Gasteiger charge is -2.11. The molecule has 1 aromatic heterocycles. The second kappa shape index (κ2) is 10.4. The average Bonchev–Trinajstić information content (AvgIpc) is 3.19. The molecule has 0 spiro atoms. The summed E-state index contributed by atoms with van der Waals surface area (Å²) in [5.41, 5.74) is 3.74. The highest BCUT2D eigenvalue weighted by molar-refractivity contribution is 6.10. The minimum atomic E-state index is -0.499. The largest absolute Gasteiger partial charge is 0.491 e. The molecule has 35 heavy (non-hydrogen) atoms. The molecular weight excluding hydrogens is 436 g/mol. The van der Waals surface area contributed by atoms with Gasteiger partial charge in [0, 0.05) is 41.0 Å². The molecule has 0 fully saturated rings. The first-order valence-corrected chi connectivity index (χ1v) is 11.2. The molecule has 0 saturated carbocycles. The van der Waals surface area contributed by atoms with Gasteiger partial charge in [0.25, 0.3) is 5.91 Å². The maximum atomic E-state index is 12.9. The minimum Gasteiger partial charge on any atom is -0.491 e. The van der Waals surface area contributed by atoms with E-state index in [0.717, 1.165) is 22.0 Å². The molecule has 0 aliphatic heterocycles. The second-order valence-electron chi connectivity index (χ2n) is 8.32. The van der Waals surface area contributed by atoms with Crippen LogP contribution in [0, 0.1) is 22.7 Å². The van der Waals surface area contributed by atoms with Gasteiger partial charge in [-0.2, -0.15) is 10.5 Å². The first-order chi connectivity index (χ1) is 17.0. The van der Waals surface area contributed by atoms with E-state index < -0.39 is 5.91 Å². The van der Waals surface area contributed by atoms with Crippen molar-refractivity contribution in [2.24, 2.45) is 0 Å². The van der Waals surface area contributed by atoms with Crippen LogP contribution < -0.4 is 10.1 Å². The van der Waals surface area contributed by atoms with Gasteiger partial charge < -0.3 is 14.6 Å². The van der Waals surface area contributed by atoms with Gasteiger partial charge in [-0.25, -0.2) is 0 Å². The molecule has 0 radical (unpaired) electrons. The number of anilines is 1. The topological polar surface area (TPSA) is 90.8 Å². The van der Waals surface area contributed by atoms with E-state index in [0.29, 0.717) is 23.5 Å². The van der Waals surface area contributed by atoms with Crippen LogP contribution in [-0.2, 0) is 11.3 Å². The number of hydrogen-bond donors (Lipinski definition) is 1. The Balaban J connectivity index is 1.65. The number of rotatable bonds is 7. The summed E-state index contributed by atoms with van der Waals surface area (Å²) in [5.74, 6) is 0.141. The lowest BCUT2D eigenvalue weighted by Crippen LogP contribution is -2.13. The number of nitrogens with one attached hydrogen (secondary N) is 1. The molecule has 0 saturated heterocycles. The lowest BCUT2D eigenvalue weighted by molar-refractivity contribution is -0.112. The van der Waals surface area contributed by atoms with Crippen LogP contribution in [0.2, 0.25) is 0 Å². The Bertz CT molecular complexity index is 1500. The van der Waals surface area contributed by atoms with Crippen molar-refractivity contribution in [3.63, 3.8) is 0 Å². The van der Waals surface area contributed by atoms with E-state index in [9.17, 15) is 15.3 Å². The van der Waals surface area contributed by atoms with Gasteiger partial charge in [-0.15, -0.1) is 0 Å². The van der Waals surface area contributed by atoms with Crippen LogP contribution in [0.5, 0.6) is 5.75 Å². The van der Waals surface area contributed by atoms with E-state index in [1.54, 1.807) is 30.3 Å². The molecule has 4 aromatic rings. The molecule has 0 aliphatic rings. The number of amides is 1. The molecule has 0 bridgehead atoms. The van der Waals surface area contributed by atoms with E-state index in [-0.39, 0.29) is 11.7 Å². The van der Waals surface area contributed by atoms with Crippen molar-refractivity contribution in [3.8, 4) is 17.9 Å². The highest BCUT2D eigenvalue weighted by Crippen LogP contribution is 2.26. The van der Waals surface area contributed by atoms with Crippen molar-refractivity contribution >= 4 is 28.6 Å². The number of nitriles is 2. The van der Waals surface area contributed by atoms with Crippen LogP contribution >= 0.6 is 0 Å². The third-order valence-electron chi connectivity index (χ3n) is 5.43. The van der Waals surface area contributed by atoms with Crippen molar-refractivity contribution in [1.29, 1.82) is 10.5 Å². The van der Waals surface area contributed by atoms with Gasteiger partial charge in [-0.1, -0.05) is 42.5 Å². The van der Waals surface area contributed by atoms with E-state index in [4.69, 9.17) is 4.74 Å². The number of carbonyl (C=O) groups is 1. The molecule has 4 rings (SSSR count). The number of carbonyl (C=O) groups excluding carboxylic acids is 1. The Morgan fingerprint density at radius 2 is 1.83 bits per heavy atom. The Morgan fingerprint density at radius 1 is 1.06 bits per heavy atom. The molecule has 6 nitrogen and oxygen atoms in total. The fourth-order valence-electron chi connectivity index (χ4n) is 3.89. The minimum absolute atomic E-state index is 0.00737. The third kappa shape index (κ3) is 5.40. The van der Waals surface area contributed by atoms with Crippen LogP contribution in [0.3, 0.4) is 0 Å². The zero-order valence-electron chi connectivity index (χ0n) is 19.5. The van der Waals surface area contributed by atoms with Crippen molar-refractivity contribution in [2.45, 2.75) is 26.5 Å². The predicted octanol–water partition coefficient (Wildman–Crippen LogP) is 5.89. The van der Waals surface area contributed by atoms with Crippen LogP contribution in [0.15, 0.2) is 84.6 Å². The molecule has 0 atom stereocenters. The Hall–Kier alpha value is -4.81. The van der Waals surface area contributed by atoms with Gasteiger partial charge in [-0.05, 0) is 49.8 Å². The van der Waals surface area contributed by atoms with Gasteiger partial charge >= 0.3 is 0 Å². The number of benzene rings is 3. The number of para-hydroxylation sites is 1. The molecule has 0 aliphatic carbocycles. The molecule has 1 amide bonds. The zero-order valence-corrected chi connectivity index (χ0v) is 19.5. The average molecular weight is 461 g/mol. The first-order valence-electron chi connectivity index (χ1n) is 11.2. The standard InChI is InChI=1S/C29H24N4O2/c1-20(2)35-26-11-7-10-25(15-26)32-29(34)23(17-31)14-24-19-33(28-13-6-5-12-27(24)28)18-22-9-4-3-8-21(22)16-30/h3-15,19-20H,18H2,1-2H3,(H,32,34)/b23-14-. The molecular formula is C29H24N4O2. The molecule has 6 heteroatoms. The monoisotopic (exact) mass is 460 g/mol. The Labute approximate surface area is 204 Å². The van der Waals surface area contributed by atoms with Crippen molar-refractivity contribution in [1.82, 2.24) is 4.57 Å². The highest BCUT2D eigenvalue weighted by atomic mass is 16.5. The first kappa shape index (κ1) is 23.4. The van der Waals surface area contributed by atoms with Gasteiger partial charge in [0.1, 0.15) is 17.4 Å². The van der Waals surface area contributed by atoms with Crippen molar-refractivity contribution < 1.29 is 9.53 Å². The third-order valence-corrected chi connectivity index (χ3v) is 5.43. The SMILES string of the molecule is CC(C)Oc1cccc(NC(=O)/C(C#N)=C\c2cn(Cc3ccccc3C#N)c3ccccc23)c1. The Kier molecular flexibility index (Phi) is 6.95. The van der Waals surface area contributed by atoms with E-state index >= 15 is 0 Å². The van der Waals surface area contributed by atoms with Crippen LogP contribution in [-0.4, -0.2) is 16.6 Å². The smallest absolute Gasteiger partial charge is 0.266 e. The zero-order chi connectivity index (χ0) is 24.8. The van der Waals surface area contributed by atoms with E-state index in [1.807, 2.05) is 79.2 Å². The van der Waals surface area contributed by atoms with Crippen LogP contribution in [0.25, 0.3) is 17.0 Å². The fourth-order valence-corrected chi connectivity index (χ4v) is 3.89. The van der Waals surface area contributed by atoms with E-state index in [1.165, 1.54) is 0 Å². The molecule has 172 valence electrons. The molecule has 1 N–H and O–H groups in total. The summed E-state index contributed by atoms with van der Waals surface area (Å²) in [6, 6.07) is 26.6. The number of aromatic nitrogens is 1. The van der Waals surface area contributed by atoms with Crippen molar-refractivity contribution in [3.05, 3.63) is 101 Å². The number of hydrogen-bond acceptors (Lipinski definition) is 4. The Morgan fingerprint density at radius 3 is 2.60 bits per heavy atom. The van der Waals surface area contributed by atoms with Crippen molar-refractivity contribution in [2.75, 3.05) is 5.32 Å². The maximum Gasteiger partial charge on any atom is 0.266 e. The predicted molar refractivity (Wildman–Crippen MR) is 137 cm³/mol. The van der Waals surface area contributed by atoms with Gasteiger partial charge in [0.05, 0.1) is 17.7 Å². The van der Waals surface area contributed by atoms with Gasteiger partial charge in [-0.3, -0.25) is 4.79 Å². The summed E-state index contributed by atoms with van der Waals surface area (Å²) >= 11 is 0. The van der Waals surface area contributed by atoms with Crippen LogP contribution in [0.4, 0.5) is 5.69 Å². The number of nitrogens with zero attached hydrogens (tertiary/aromatic N) is 3. The van der Waals surface area contributed by atoms with Gasteiger partial charge in [0.15, 0.2) is 0 Å². The summed E-state index contributed by atoms with van der Waals surface area (Å²) in [7, 11) is 0. The summed E-state index contributed by atoms with van der Waals surface area (Å²) in [4.78, 5) is 12.9. The molecule has 0 unspecified atom stereocenters. The van der Waals surface area contributed by atoms with Crippen LogP contribution in [0.1, 0.15) is 30.5 Å². The summed E-state index contributed by atoms with van der Waals surface area (Å²) in [6.45, 7) is 4.35. The molecule has 3 aromatic carbocycles. The fraction of sp³-hybridized carbons (Fsp3) is 0.138. The summed E-state index contributed by atoms with van der Waals surface area (Å²) in [6.07, 6.45) is 3.51. The quantitative estimate of drug-likeness (QED) is 0.275. The summed E-state index contributed by atoms with van der Waals surface area (Å²) in [5, 5.41) is 22.9. The number of ether oxygens (including phenoxy) is 1. The normalized spacial score (nSPS) is 11.2. The maximum absolute atomic E-state index is 12.9. The number of fused-ring (bicyclic) bond motifs is 1. The lowest BCUT2D eigenvalue weighted by atomic mass is 10.1. The summed E-state index contributed by atoms with van der Waals surface area (Å²) < 4.78 is 7.71.